The van der Waals surface area contributed by atoms with Gasteiger partial charge >= 0.3 is 0 Å². The molecule has 0 saturated carbocycles. The second-order valence-electron chi connectivity index (χ2n) is 6.56. The number of allylic oxidation sites excluding steroid dienone is 2. The fourth-order valence-electron chi connectivity index (χ4n) is 3.82. The number of carbonyl (C=O) groups excluding carboxylic acids is 1. The molecule has 2 aliphatic heterocycles. The number of rotatable bonds is 3. The molecule has 4 nitrogen and oxygen atoms in total. The Morgan fingerprint density at radius 3 is 2.70 bits per heavy atom. The number of ether oxygens (including phenoxy) is 2. The van der Waals surface area contributed by atoms with Crippen molar-refractivity contribution in [2.45, 2.75) is 38.2 Å². The van der Waals surface area contributed by atoms with Crippen LogP contribution in [0.4, 0.5) is 0 Å². The minimum absolute atomic E-state index is 0.213. The highest BCUT2D eigenvalue weighted by Crippen LogP contribution is 2.42. The number of amides is 1. The van der Waals surface area contributed by atoms with E-state index in [1.807, 2.05) is 0 Å². The maximum atomic E-state index is 12.4. The fourth-order valence-corrected chi connectivity index (χ4v) is 3.82. The fraction of sp³-hybridized carbons (Fsp3) is 0.812. The van der Waals surface area contributed by atoms with E-state index in [9.17, 15) is 4.79 Å². The lowest BCUT2D eigenvalue weighted by atomic mass is 9.76. The van der Waals surface area contributed by atoms with Gasteiger partial charge in [0.2, 0.25) is 5.91 Å². The lowest BCUT2D eigenvalue weighted by Crippen LogP contribution is -2.45. The predicted octanol–water partition coefficient (Wildman–Crippen LogP) is 2.00. The van der Waals surface area contributed by atoms with Crippen LogP contribution >= 0.6 is 0 Å². The van der Waals surface area contributed by atoms with Gasteiger partial charge in [-0.15, -0.1) is 0 Å². The Labute approximate surface area is 121 Å². The van der Waals surface area contributed by atoms with Crippen LogP contribution in [0.3, 0.4) is 0 Å². The van der Waals surface area contributed by atoms with Crippen molar-refractivity contribution >= 4 is 5.91 Å². The van der Waals surface area contributed by atoms with Crippen LogP contribution in [0, 0.1) is 11.3 Å². The average molecular weight is 279 g/mol. The molecule has 2 saturated heterocycles. The molecule has 3 rings (SSSR count). The van der Waals surface area contributed by atoms with Gasteiger partial charge in [0.05, 0.1) is 19.3 Å². The largest absolute Gasteiger partial charge is 0.382 e. The summed E-state index contributed by atoms with van der Waals surface area (Å²) < 4.78 is 11.0. The summed E-state index contributed by atoms with van der Waals surface area (Å²) in [5, 5.41) is 0. The van der Waals surface area contributed by atoms with Crippen LogP contribution in [0.1, 0.15) is 32.1 Å². The normalized spacial score (nSPS) is 29.4. The van der Waals surface area contributed by atoms with Crippen LogP contribution in [-0.2, 0) is 14.3 Å². The lowest BCUT2D eigenvalue weighted by molar-refractivity contribution is -0.137. The number of methoxy groups -OCH3 is 1. The van der Waals surface area contributed by atoms with Gasteiger partial charge < -0.3 is 14.4 Å². The molecule has 0 radical (unpaired) electrons. The standard InChI is InChI=1S/C16H25NO3/c1-19-11-14-10-16(12-20-14)6-8-17(9-7-16)15(18)13-4-2-3-5-13/h2-3,13-14H,4-12H2,1H3/t14-/m0/s1. The Hall–Kier alpha value is -0.870. The smallest absolute Gasteiger partial charge is 0.226 e. The monoisotopic (exact) mass is 279 g/mol. The van der Waals surface area contributed by atoms with Gasteiger partial charge in [-0.1, -0.05) is 12.2 Å². The van der Waals surface area contributed by atoms with Gasteiger partial charge in [-0.25, -0.2) is 0 Å². The Kier molecular flexibility index (Phi) is 4.13. The van der Waals surface area contributed by atoms with Crippen molar-refractivity contribution in [3.8, 4) is 0 Å². The SMILES string of the molecule is COC[C@@H]1CC2(CCN(C(=O)C3CC=CC3)CC2)CO1. The highest BCUT2D eigenvalue weighted by Gasteiger charge is 2.43. The maximum absolute atomic E-state index is 12.4. The van der Waals surface area contributed by atoms with Gasteiger partial charge in [-0.05, 0) is 37.5 Å². The van der Waals surface area contributed by atoms with Crippen LogP contribution in [0.2, 0.25) is 0 Å². The summed E-state index contributed by atoms with van der Waals surface area (Å²) in [7, 11) is 1.73. The first-order valence-electron chi connectivity index (χ1n) is 7.77. The molecule has 4 heteroatoms. The van der Waals surface area contributed by atoms with E-state index in [1.165, 1.54) is 0 Å². The Morgan fingerprint density at radius 2 is 2.05 bits per heavy atom. The molecule has 0 aromatic rings. The average Bonchev–Trinajstić information content (AvgIpc) is 3.10. The van der Waals surface area contributed by atoms with Crippen molar-refractivity contribution in [2.24, 2.45) is 11.3 Å². The predicted molar refractivity (Wildman–Crippen MR) is 76.3 cm³/mol. The molecule has 2 heterocycles. The van der Waals surface area contributed by atoms with Gasteiger partial charge in [0, 0.05) is 26.1 Å². The zero-order valence-electron chi connectivity index (χ0n) is 12.3. The summed E-state index contributed by atoms with van der Waals surface area (Å²) >= 11 is 0. The number of nitrogens with zero attached hydrogens (tertiary/aromatic N) is 1. The molecule has 2 fully saturated rings. The molecule has 1 atom stereocenters. The van der Waals surface area contributed by atoms with E-state index in [0.29, 0.717) is 17.9 Å². The van der Waals surface area contributed by atoms with E-state index in [0.717, 1.165) is 51.8 Å². The maximum Gasteiger partial charge on any atom is 0.226 e. The minimum Gasteiger partial charge on any atom is -0.382 e. The second kappa shape index (κ2) is 5.86. The van der Waals surface area contributed by atoms with Crippen LogP contribution in [0.5, 0.6) is 0 Å². The molecule has 1 spiro atoms. The van der Waals surface area contributed by atoms with Gasteiger partial charge in [-0.2, -0.15) is 0 Å². The molecule has 3 aliphatic rings. The number of carbonyl (C=O) groups is 1. The molecule has 0 bridgehead atoms. The van der Waals surface area contributed by atoms with E-state index < -0.39 is 0 Å². The highest BCUT2D eigenvalue weighted by atomic mass is 16.5. The molecule has 20 heavy (non-hydrogen) atoms. The van der Waals surface area contributed by atoms with Crippen molar-refractivity contribution in [2.75, 3.05) is 33.4 Å². The van der Waals surface area contributed by atoms with Crippen molar-refractivity contribution in [1.82, 2.24) is 4.90 Å². The second-order valence-corrected chi connectivity index (χ2v) is 6.56. The number of piperidine rings is 1. The number of likely N-dealkylation sites (tertiary alicyclic amines) is 1. The quantitative estimate of drug-likeness (QED) is 0.742. The summed E-state index contributed by atoms with van der Waals surface area (Å²) in [6, 6.07) is 0. The first-order valence-corrected chi connectivity index (χ1v) is 7.77. The van der Waals surface area contributed by atoms with Crippen LogP contribution in [-0.4, -0.2) is 50.3 Å². The summed E-state index contributed by atoms with van der Waals surface area (Å²) in [5.74, 6) is 0.572. The van der Waals surface area contributed by atoms with Crippen LogP contribution in [0.15, 0.2) is 12.2 Å². The zero-order valence-corrected chi connectivity index (χ0v) is 12.3. The number of hydrogen-bond acceptors (Lipinski definition) is 3. The zero-order chi connectivity index (χ0) is 14.0. The van der Waals surface area contributed by atoms with Crippen molar-refractivity contribution < 1.29 is 14.3 Å². The van der Waals surface area contributed by atoms with Gasteiger partial charge in [0.15, 0.2) is 0 Å². The summed E-state index contributed by atoms with van der Waals surface area (Å²) in [6.07, 6.45) is 9.63. The summed E-state index contributed by atoms with van der Waals surface area (Å²) in [4.78, 5) is 14.5. The van der Waals surface area contributed by atoms with Gasteiger partial charge in [0.25, 0.3) is 0 Å². The Bertz CT molecular complexity index is 377. The minimum atomic E-state index is 0.213. The molecule has 1 aliphatic carbocycles. The molecule has 0 aromatic carbocycles. The third-order valence-electron chi connectivity index (χ3n) is 5.13. The van der Waals surface area contributed by atoms with E-state index in [4.69, 9.17) is 9.47 Å². The molecular formula is C16H25NO3. The molecular weight excluding hydrogens is 254 g/mol. The van der Waals surface area contributed by atoms with Crippen molar-refractivity contribution in [3.05, 3.63) is 12.2 Å². The molecule has 1 amide bonds. The third kappa shape index (κ3) is 2.77. The highest BCUT2D eigenvalue weighted by molar-refractivity contribution is 5.79. The molecule has 0 unspecified atom stereocenters. The van der Waals surface area contributed by atoms with E-state index >= 15 is 0 Å². The van der Waals surface area contributed by atoms with Gasteiger partial charge in [-0.3, -0.25) is 4.79 Å². The van der Waals surface area contributed by atoms with Gasteiger partial charge in [0.1, 0.15) is 0 Å². The number of hydrogen-bond donors (Lipinski definition) is 0. The van der Waals surface area contributed by atoms with Crippen molar-refractivity contribution in [1.29, 1.82) is 0 Å². The first kappa shape index (κ1) is 14.1. The first-order chi connectivity index (χ1) is 9.72. The molecule has 0 aromatic heterocycles. The van der Waals surface area contributed by atoms with Crippen LogP contribution in [0.25, 0.3) is 0 Å². The third-order valence-corrected chi connectivity index (χ3v) is 5.13. The van der Waals surface area contributed by atoms with Crippen molar-refractivity contribution in [3.63, 3.8) is 0 Å². The summed E-state index contributed by atoms with van der Waals surface area (Å²) in [5.41, 5.74) is 0.300. The lowest BCUT2D eigenvalue weighted by Gasteiger charge is -2.39. The Morgan fingerprint density at radius 1 is 1.35 bits per heavy atom. The van der Waals surface area contributed by atoms with Crippen LogP contribution < -0.4 is 0 Å². The Balaban J connectivity index is 1.51. The molecule has 0 N–H and O–H groups in total. The topological polar surface area (TPSA) is 38.8 Å². The molecule has 112 valence electrons. The van der Waals surface area contributed by atoms with E-state index in [2.05, 4.69) is 17.1 Å². The van der Waals surface area contributed by atoms with E-state index in [1.54, 1.807) is 7.11 Å². The summed E-state index contributed by atoms with van der Waals surface area (Å²) in [6.45, 7) is 3.34. The van der Waals surface area contributed by atoms with E-state index in [-0.39, 0.29) is 12.0 Å².